The van der Waals surface area contributed by atoms with Gasteiger partial charge in [-0.3, -0.25) is 0 Å². The van der Waals surface area contributed by atoms with Gasteiger partial charge in [0.1, 0.15) is 0 Å². The van der Waals surface area contributed by atoms with Crippen LogP contribution in [0.15, 0.2) is 0 Å². The Kier molecular flexibility index (Phi) is 3.31. The van der Waals surface area contributed by atoms with Crippen molar-refractivity contribution >= 4 is 11.8 Å². The lowest BCUT2D eigenvalue weighted by atomic mass is 10.1. The van der Waals surface area contributed by atoms with E-state index in [0.717, 1.165) is 19.3 Å². The number of ether oxygens (including phenoxy) is 1. The van der Waals surface area contributed by atoms with Crippen molar-refractivity contribution in [3.05, 3.63) is 0 Å². The molecule has 1 N–H and O–H groups in total. The lowest BCUT2D eigenvalue weighted by molar-refractivity contribution is 0.0674. The summed E-state index contributed by atoms with van der Waals surface area (Å²) < 4.78 is 5.42. The standard InChI is InChI=1S/C9H17NOS/c1-2-8(6-11-4-1)10-9-3-5-12-7-9/h8-10H,1-7H2/t8-,9?/m0/s1. The quantitative estimate of drug-likeness (QED) is 0.703. The summed E-state index contributed by atoms with van der Waals surface area (Å²) in [7, 11) is 0. The van der Waals surface area contributed by atoms with Gasteiger partial charge in [-0.05, 0) is 25.0 Å². The van der Waals surface area contributed by atoms with E-state index in [0.29, 0.717) is 6.04 Å². The van der Waals surface area contributed by atoms with Crippen LogP contribution in [-0.2, 0) is 4.74 Å². The first-order chi connectivity index (χ1) is 5.95. The van der Waals surface area contributed by atoms with Gasteiger partial charge in [-0.2, -0.15) is 11.8 Å². The molecule has 2 aliphatic heterocycles. The Labute approximate surface area is 78.4 Å². The van der Waals surface area contributed by atoms with Crippen LogP contribution in [-0.4, -0.2) is 36.8 Å². The number of hydrogen-bond acceptors (Lipinski definition) is 3. The van der Waals surface area contributed by atoms with E-state index in [1.807, 2.05) is 0 Å². The predicted octanol–water partition coefficient (Wildman–Crippen LogP) is 1.26. The highest BCUT2D eigenvalue weighted by molar-refractivity contribution is 7.99. The Bertz CT molecular complexity index is 130. The van der Waals surface area contributed by atoms with Crippen LogP contribution in [0.5, 0.6) is 0 Å². The zero-order valence-corrected chi connectivity index (χ0v) is 8.24. The molecule has 0 aromatic heterocycles. The summed E-state index contributed by atoms with van der Waals surface area (Å²) in [6.45, 7) is 1.90. The average molecular weight is 187 g/mol. The molecule has 2 fully saturated rings. The molecule has 3 heteroatoms. The molecule has 2 aliphatic rings. The third-order valence-corrected chi connectivity index (χ3v) is 3.72. The van der Waals surface area contributed by atoms with E-state index in [-0.39, 0.29) is 0 Å². The molecule has 2 saturated heterocycles. The molecule has 0 saturated carbocycles. The molecule has 0 amide bonds. The third-order valence-electron chi connectivity index (χ3n) is 2.56. The summed E-state index contributed by atoms with van der Waals surface area (Å²) in [4.78, 5) is 0. The summed E-state index contributed by atoms with van der Waals surface area (Å²) in [6.07, 6.45) is 3.89. The van der Waals surface area contributed by atoms with Crippen LogP contribution in [0, 0.1) is 0 Å². The molecule has 0 bridgehead atoms. The molecule has 0 aromatic carbocycles. The van der Waals surface area contributed by atoms with Crippen LogP contribution in [0.2, 0.25) is 0 Å². The lowest BCUT2D eigenvalue weighted by Gasteiger charge is -2.26. The second-order valence-electron chi connectivity index (χ2n) is 3.64. The molecule has 2 nitrogen and oxygen atoms in total. The van der Waals surface area contributed by atoms with Crippen molar-refractivity contribution in [3.63, 3.8) is 0 Å². The fourth-order valence-corrected chi connectivity index (χ4v) is 3.04. The Morgan fingerprint density at radius 3 is 2.92 bits per heavy atom. The number of hydrogen-bond donors (Lipinski definition) is 1. The fraction of sp³-hybridized carbons (Fsp3) is 1.00. The summed E-state index contributed by atoms with van der Waals surface area (Å²) in [5.41, 5.74) is 0. The van der Waals surface area contributed by atoms with E-state index in [9.17, 15) is 0 Å². The summed E-state index contributed by atoms with van der Waals surface area (Å²) in [5, 5.41) is 3.67. The largest absolute Gasteiger partial charge is 0.380 e. The van der Waals surface area contributed by atoms with E-state index >= 15 is 0 Å². The van der Waals surface area contributed by atoms with Crippen LogP contribution in [0.25, 0.3) is 0 Å². The minimum atomic E-state index is 0.641. The molecule has 1 unspecified atom stereocenters. The zero-order valence-electron chi connectivity index (χ0n) is 7.42. The van der Waals surface area contributed by atoms with Crippen molar-refractivity contribution < 1.29 is 4.74 Å². The van der Waals surface area contributed by atoms with Gasteiger partial charge in [-0.1, -0.05) is 0 Å². The van der Waals surface area contributed by atoms with Crippen molar-refractivity contribution in [1.82, 2.24) is 5.32 Å². The summed E-state index contributed by atoms with van der Waals surface area (Å²) in [5.74, 6) is 2.64. The number of thioether (sulfide) groups is 1. The van der Waals surface area contributed by atoms with Crippen molar-refractivity contribution in [2.75, 3.05) is 24.7 Å². The van der Waals surface area contributed by atoms with Gasteiger partial charge in [-0.25, -0.2) is 0 Å². The summed E-state index contributed by atoms with van der Waals surface area (Å²) >= 11 is 2.07. The maximum atomic E-state index is 5.42. The lowest BCUT2D eigenvalue weighted by Crippen LogP contribution is -2.43. The Morgan fingerprint density at radius 1 is 1.25 bits per heavy atom. The number of nitrogens with one attached hydrogen (secondary N) is 1. The van der Waals surface area contributed by atoms with Crippen LogP contribution >= 0.6 is 11.8 Å². The normalized spacial score (nSPS) is 37.0. The monoisotopic (exact) mass is 187 g/mol. The van der Waals surface area contributed by atoms with Crippen LogP contribution < -0.4 is 5.32 Å². The first-order valence-electron chi connectivity index (χ1n) is 4.87. The SMILES string of the molecule is C1COC[C@@H](NC2CCSC2)C1. The molecule has 0 spiro atoms. The first kappa shape index (κ1) is 8.85. The minimum Gasteiger partial charge on any atom is -0.380 e. The van der Waals surface area contributed by atoms with Gasteiger partial charge in [-0.15, -0.1) is 0 Å². The molecule has 0 radical (unpaired) electrons. The van der Waals surface area contributed by atoms with E-state index in [1.165, 1.54) is 30.8 Å². The highest BCUT2D eigenvalue weighted by Gasteiger charge is 2.20. The van der Waals surface area contributed by atoms with E-state index in [4.69, 9.17) is 4.74 Å². The van der Waals surface area contributed by atoms with E-state index in [2.05, 4.69) is 17.1 Å². The van der Waals surface area contributed by atoms with Crippen molar-refractivity contribution in [2.45, 2.75) is 31.3 Å². The highest BCUT2D eigenvalue weighted by atomic mass is 32.2. The maximum absolute atomic E-state index is 5.42. The maximum Gasteiger partial charge on any atom is 0.0619 e. The van der Waals surface area contributed by atoms with Crippen LogP contribution in [0.4, 0.5) is 0 Å². The Hall–Kier alpha value is 0.270. The third kappa shape index (κ3) is 2.38. The Morgan fingerprint density at radius 2 is 2.25 bits per heavy atom. The second-order valence-corrected chi connectivity index (χ2v) is 4.79. The first-order valence-corrected chi connectivity index (χ1v) is 6.02. The van der Waals surface area contributed by atoms with Gasteiger partial charge >= 0.3 is 0 Å². The molecular weight excluding hydrogens is 170 g/mol. The average Bonchev–Trinajstić information content (AvgIpc) is 2.59. The van der Waals surface area contributed by atoms with Gasteiger partial charge < -0.3 is 10.1 Å². The van der Waals surface area contributed by atoms with Gasteiger partial charge in [0, 0.05) is 24.4 Å². The highest BCUT2D eigenvalue weighted by Crippen LogP contribution is 2.18. The molecule has 70 valence electrons. The molecule has 2 atom stereocenters. The Balaban J connectivity index is 1.69. The minimum absolute atomic E-state index is 0.641. The molecule has 0 aliphatic carbocycles. The topological polar surface area (TPSA) is 21.3 Å². The molecule has 12 heavy (non-hydrogen) atoms. The molecule has 2 heterocycles. The van der Waals surface area contributed by atoms with Gasteiger partial charge in [0.05, 0.1) is 6.61 Å². The van der Waals surface area contributed by atoms with Crippen molar-refractivity contribution in [3.8, 4) is 0 Å². The fourth-order valence-electron chi connectivity index (χ4n) is 1.87. The molecule has 2 rings (SSSR count). The van der Waals surface area contributed by atoms with E-state index in [1.54, 1.807) is 0 Å². The van der Waals surface area contributed by atoms with Gasteiger partial charge in [0.15, 0.2) is 0 Å². The van der Waals surface area contributed by atoms with Crippen molar-refractivity contribution in [1.29, 1.82) is 0 Å². The van der Waals surface area contributed by atoms with Gasteiger partial charge in [0.25, 0.3) is 0 Å². The van der Waals surface area contributed by atoms with E-state index < -0.39 is 0 Å². The zero-order chi connectivity index (χ0) is 8.23. The molecular formula is C9H17NOS. The van der Waals surface area contributed by atoms with Crippen molar-refractivity contribution in [2.24, 2.45) is 0 Å². The van der Waals surface area contributed by atoms with Crippen LogP contribution in [0.3, 0.4) is 0 Å². The number of rotatable bonds is 2. The summed E-state index contributed by atoms with van der Waals surface area (Å²) in [6, 6.07) is 1.41. The smallest absolute Gasteiger partial charge is 0.0619 e. The van der Waals surface area contributed by atoms with Crippen LogP contribution in [0.1, 0.15) is 19.3 Å². The second kappa shape index (κ2) is 4.49. The molecule has 0 aromatic rings. The predicted molar refractivity (Wildman–Crippen MR) is 52.7 cm³/mol. The van der Waals surface area contributed by atoms with Gasteiger partial charge in [0.2, 0.25) is 0 Å².